The molecule has 0 saturated carbocycles. The minimum absolute atomic E-state index is 0.0293. The van der Waals surface area contributed by atoms with Crippen LogP contribution in [0.1, 0.15) is 380 Å². The highest BCUT2D eigenvalue weighted by atomic mass is 31.2. The highest BCUT2D eigenvalue weighted by Gasteiger charge is 2.22. The SMILES string of the molecule is CC/C=C\C/C=C\C/C=C\C/C=C\CCCCCCCCCCCCCCCCC(=O)OC(COC(=O)CCCCCCCCCCCCCCCCCCCCCCCCCCCCCCCCCCCCCC)COP(=O)([O-])OCC[N+](C)(C)C. The maximum absolute atomic E-state index is 12.9. The van der Waals surface area contributed by atoms with Gasteiger partial charge in [0.2, 0.25) is 0 Å². The summed E-state index contributed by atoms with van der Waals surface area (Å²) in [4.78, 5) is 38.1. The molecule has 0 aromatic carbocycles. The third kappa shape index (κ3) is 72.9. The molecule has 0 heterocycles. The highest BCUT2D eigenvalue weighted by molar-refractivity contribution is 7.45. The molecule has 0 N–H and O–H groups in total. The number of phosphoric acid groups is 1. The molecule has 10 heteroatoms. The number of hydrogen-bond donors (Lipinski definition) is 0. The predicted molar refractivity (Wildman–Crippen MR) is 374 cm³/mol. The first-order chi connectivity index (χ1) is 42.5. The third-order valence-corrected chi connectivity index (χ3v) is 18.1. The maximum Gasteiger partial charge on any atom is 0.306 e. The van der Waals surface area contributed by atoms with Crippen LogP contribution in [0.4, 0.5) is 0 Å². The Hall–Kier alpha value is -2.03. The average Bonchev–Trinajstić information content (AvgIpc) is 3.68. The first-order valence-corrected chi connectivity index (χ1v) is 39.3. The van der Waals surface area contributed by atoms with Gasteiger partial charge in [-0.05, 0) is 51.4 Å². The quantitative estimate of drug-likeness (QED) is 0.0195. The fourth-order valence-corrected chi connectivity index (χ4v) is 12.1. The number of allylic oxidation sites excluding steroid dienone is 8. The summed E-state index contributed by atoms with van der Waals surface area (Å²) in [7, 11) is 1.18. The van der Waals surface area contributed by atoms with E-state index < -0.39 is 26.5 Å². The lowest BCUT2D eigenvalue weighted by atomic mass is 10.0. The minimum Gasteiger partial charge on any atom is -0.756 e. The number of esters is 2. The molecule has 0 radical (unpaired) electrons. The van der Waals surface area contributed by atoms with Crippen molar-refractivity contribution < 1.29 is 42.1 Å². The van der Waals surface area contributed by atoms with E-state index in [0.29, 0.717) is 17.4 Å². The number of ether oxygens (including phenoxy) is 2. The van der Waals surface area contributed by atoms with Crippen molar-refractivity contribution in [3.8, 4) is 0 Å². The topological polar surface area (TPSA) is 111 Å². The lowest BCUT2D eigenvalue weighted by Crippen LogP contribution is -2.37. The Morgan fingerprint density at radius 1 is 0.368 bits per heavy atom. The zero-order chi connectivity index (χ0) is 63.4. The molecule has 0 bridgehead atoms. The molecule has 0 spiro atoms. The molecule has 0 aliphatic heterocycles. The van der Waals surface area contributed by atoms with Crippen LogP contribution in [0.5, 0.6) is 0 Å². The van der Waals surface area contributed by atoms with E-state index in [4.69, 9.17) is 18.5 Å². The lowest BCUT2D eigenvalue weighted by molar-refractivity contribution is -0.870. The van der Waals surface area contributed by atoms with Crippen molar-refractivity contribution in [2.24, 2.45) is 0 Å². The normalized spacial score (nSPS) is 13.3. The number of carbonyl (C=O) groups is 2. The molecule has 0 aromatic rings. The highest BCUT2D eigenvalue weighted by Crippen LogP contribution is 2.38. The van der Waals surface area contributed by atoms with Gasteiger partial charge in [0.05, 0.1) is 27.7 Å². The van der Waals surface area contributed by atoms with E-state index in [1.165, 1.54) is 283 Å². The summed E-state index contributed by atoms with van der Waals surface area (Å²) < 4.78 is 34.4. The summed E-state index contributed by atoms with van der Waals surface area (Å²) in [5.74, 6) is -0.814. The molecule has 0 aromatic heterocycles. The Bertz CT molecular complexity index is 1610. The van der Waals surface area contributed by atoms with E-state index in [1.54, 1.807) is 0 Å². The molecular formula is C77H146NO8P. The molecular weight excluding hydrogens is 1100 g/mol. The summed E-state index contributed by atoms with van der Waals surface area (Å²) in [5.41, 5.74) is 0. The second-order valence-corrected chi connectivity index (χ2v) is 28.4. The second-order valence-electron chi connectivity index (χ2n) is 27.0. The Labute approximate surface area is 541 Å². The molecule has 0 amide bonds. The number of rotatable bonds is 71. The van der Waals surface area contributed by atoms with Crippen LogP contribution in [0.25, 0.3) is 0 Å². The number of quaternary nitrogens is 1. The van der Waals surface area contributed by atoms with Crippen molar-refractivity contribution in [2.75, 3.05) is 47.5 Å². The molecule has 87 heavy (non-hydrogen) atoms. The van der Waals surface area contributed by atoms with Crippen LogP contribution < -0.4 is 4.89 Å². The number of phosphoric ester groups is 1. The van der Waals surface area contributed by atoms with Gasteiger partial charge in [-0.3, -0.25) is 14.2 Å². The van der Waals surface area contributed by atoms with Crippen molar-refractivity contribution in [3.05, 3.63) is 48.6 Å². The minimum atomic E-state index is -4.64. The van der Waals surface area contributed by atoms with Gasteiger partial charge in [-0.15, -0.1) is 0 Å². The largest absolute Gasteiger partial charge is 0.756 e. The van der Waals surface area contributed by atoms with E-state index >= 15 is 0 Å². The summed E-state index contributed by atoms with van der Waals surface area (Å²) in [6.07, 6.45) is 89.4. The summed E-state index contributed by atoms with van der Waals surface area (Å²) >= 11 is 0. The number of hydrogen-bond acceptors (Lipinski definition) is 8. The zero-order valence-corrected chi connectivity index (χ0v) is 59.4. The summed E-state index contributed by atoms with van der Waals surface area (Å²) in [6.45, 7) is 4.20. The van der Waals surface area contributed by atoms with Crippen LogP contribution in [-0.4, -0.2) is 70.0 Å². The van der Waals surface area contributed by atoms with Gasteiger partial charge in [-0.2, -0.15) is 0 Å². The van der Waals surface area contributed by atoms with E-state index in [2.05, 4.69) is 62.5 Å². The van der Waals surface area contributed by atoms with E-state index in [1.807, 2.05) is 21.1 Å². The van der Waals surface area contributed by atoms with E-state index in [-0.39, 0.29) is 32.0 Å². The average molecular weight is 1240 g/mol. The van der Waals surface area contributed by atoms with Gasteiger partial charge < -0.3 is 27.9 Å². The predicted octanol–water partition coefficient (Wildman–Crippen LogP) is 24.1. The molecule has 0 rings (SSSR count). The number of nitrogens with zero attached hydrogens (tertiary/aromatic N) is 1. The van der Waals surface area contributed by atoms with Crippen molar-refractivity contribution in [2.45, 2.75) is 386 Å². The van der Waals surface area contributed by atoms with Crippen LogP contribution in [0, 0.1) is 0 Å². The van der Waals surface area contributed by atoms with Crippen molar-refractivity contribution in [1.29, 1.82) is 0 Å². The molecule has 9 nitrogen and oxygen atoms in total. The Kier molecular flexibility index (Phi) is 66.7. The van der Waals surface area contributed by atoms with Gasteiger partial charge >= 0.3 is 11.9 Å². The van der Waals surface area contributed by atoms with Crippen LogP contribution in [0.2, 0.25) is 0 Å². The summed E-state index contributed by atoms with van der Waals surface area (Å²) in [5, 5.41) is 0. The third-order valence-electron chi connectivity index (χ3n) is 17.1. The summed E-state index contributed by atoms with van der Waals surface area (Å²) in [6, 6.07) is 0. The van der Waals surface area contributed by atoms with E-state index in [0.717, 1.165) is 64.2 Å². The lowest BCUT2D eigenvalue weighted by Gasteiger charge is -2.28. The monoisotopic (exact) mass is 1240 g/mol. The Morgan fingerprint density at radius 3 is 0.977 bits per heavy atom. The Balaban J connectivity index is 3.92. The molecule has 2 unspecified atom stereocenters. The molecule has 512 valence electrons. The first kappa shape index (κ1) is 85.0. The fraction of sp³-hybridized carbons (Fsp3) is 0.870. The Morgan fingerprint density at radius 2 is 0.655 bits per heavy atom. The van der Waals surface area contributed by atoms with Gasteiger partial charge in [-0.25, -0.2) is 0 Å². The molecule has 0 fully saturated rings. The first-order valence-electron chi connectivity index (χ1n) is 37.8. The fourth-order valence-electron chi connectivity index (χ4n) is 11.4. The molecule has 0 aliphatic rings. The number of likely N-dealkylation sites (N-methyl/N-ethyl adjacent to an activating group) is 1. The van der Waals surface area contributed by atoms with Crippen LogP contribution in [0.15, 0.2) is 48.6 Å². The standard InChI is InChI=1S/C77H146NO8P/c1-6-8-10-12-14-16-18-20-22-24-26-28-30-32-34-35-36-37-38-39-40-41-42-44-45-47-49-51-53-55-57-59-61-63-65-67-69-76(79)83-73-75(74-85-87(81,82)84-72-71-78(3,4)5)86-77(80)70-68-66-64-62-60-58-56-54-52-50-48-46-43-33-31-29-27-25-23-21-19-17-15-13-11-9-7-2/h9,11,15,17,21,23,27,29,75H,6-8,10,12-14,16,18-20,22,24-26,28,30-74H2,1-5H3/b11-9-,17-15-,23-21-,29-27-. The number of unbranched alkanes of at least 4 members (excludes halogenated alkanes) is 49. The van der Waals surface area contributed by atoms with Crippen molar-refractivity contribution >= 4 is 19.8 Å². The van der Waals surface area contributed by atoms with Crippen LogP contribution in [0.3, 0.4) is 0 Å². The van der Waals surface area contributed by atoms with Crippen LogP contribution >= 0.6 is 7.82 Å². The molecule has 2 atom stereocenters. The molecule has 0 aliphatic carbocycles. The second kappa shape index (κ2) is 68.3. The molecule has 0 saturated heterocycles. The van der Waals surface area contributed by atoms with Crippen LogP contribution in [-0.2, 0) is 32.7 Å². The number of carbonyl (C=O) groups excluding carboxylic acids is 2. The van der Waals surface area contributed by atoms with Crippen molar-refractivity contribution in [3.63, 3.8) is 0 Å². The smallest absolute Gasteiger partial charge is 0.306 e. The van der Waals surface area contributed by atoms with Gasteiger partial charge in [0.15, 0.2) is 6.10 Å². The zero-order valence-electron chi connectivity index (χ0n) is 58.5. The van der Waals surface area contributed by atoms with Gasteiger partial charge in [0.25, 0.3) is 7.82 Å². The van der Waals surface area contributed by atoms with Gasteiger partial charge in [0, 0.05) is 12.8 Å². The van der Waals surface area contributed by atoms with Crippen molar-refractivity contribution in [1.82, 2.24) is 0 Å². The van der Waals surface area contributed by atoms with Gasteiger partial charge in [0.1, 0.15) is 19.8 Å². The van der Waals surface area contributed by atoms with Gasteiger partial charge in [-0.1, -0.05) is 364 Å². The maximum atomic E-state index is 12.9. The van der Waals surface area contributed by atoms with E-state index in [9.17, 15) is 19.0 Å².